The number of benzene rings is 1. The topological polar surface area (TPSA) is 38.8 Å². The Balaban J connectivity index is 2.17. The summed E-state index contributed by atoms with van der Waals surface area (Å²) in [6.45, 7) is -3.78. The van der Waals surface area contributed by atoms with Crippen LogP contribution in [0, 0.1) is 0 Å². The predicted molar refractivity (Wildman–Crippen MR) is 88.4 cm³/mol. The fourth-order valence-corrected chi connectivity index (χ4v) is 3.09. The molecule has 0 bridgehead atoms. The number of amides is 1. The molecule has 0 saturated heterocycles. The number of hydrogen-bond acceptors (Lipinski definition) is 3. The lowest BCUT2D eigenvalue weighted by Gasteiger charge is -2.26. The zero-order chi connectivity index (χ0) is 19.1. The molecule has 1 aromatic rings. The van der Waals surface area contributed by atoms with Crippen molar-refractivity contribution in [1.82, 2.24) is 4.90 Å². The van der Waals surface area contributed by atoms with Gasteiger partial charge in [0.05, 0.1) is 0 Å². The van der Waals surface area contributed by atoms with Crippen LogP contribution in [0.2, 0.25) is 0 Å². The lowest BCUT2D eigenvalue weighted by molar-refractivity contribution is -0.127. The Morgan fingerprint density at radius 2 is 1.85 bits per heavy atom. The van der Waals surface area contributed by atoms with Crippen LogP contribution in [0.15, 0.2) is 24.3 Å². The summed E-state index contributed by atoms with van der Waals surface area (Å²) in [6.07, 6.45) is 6.68. The number of alkyl halides is 4. The molecule has 1 saturated carbocycles. The molecule has 1 amide bonds. The van der Waals surface area contributed by atoms with E-state index < -0.39 is 13.2 Å². The second-order valence-corrected chi connectivity index (χ2v) is 5.85. The van der Waals surface area contributed by atoms with Gasteiger partial charge in [0.2, 0.25) is 5.91 Å². The molecule has 8 heteroatoms. The van der Waals surface area contributed by atoms with Crippen molar-refractivity contribution in [2.24, 2.45) is 0 Å². The van der Waals surface area contributed by atoms with Gasteiger partial charge in [0, 0.05) is 30.3 Å². The quantitative estimate of drug-likeness (QED) is 0.489. The maximum atomic E-state index is 12.6. The van der Waals surface area contributed by atoms with Gasteiger partial charge in [-0.3, -0.25) is 4.79 Å². The van der Waals surface area contributed by atoms with Gasteiger partial charge in [0.15, 0.2) is 0 Å². The number of hydrogen-bond donors (Lipinski definition) is 0. The maximum absolute atomic E-state index is 12.6. The zero-order valence-corrected chi connectivity index (χ0v) is 14.3. The Kier molecular flexibility index (Phi) is 7.29. The zero-order valence-electron chi connectivity index (χ0n) is 14.3. The highest BCUT2D eigenvalue weighted by Crippen LogP contribution is 2.29. The van der Waals surface area contributed by atoms with Gasteiger partial charge < -0.3 is 14.4 Å². The minimum Gasteiger partial charge on any atom is -0.435 e. The third-order valence-electron chi connectivity index (χ3n) is 4.22. The third-order valence-corrected chi connectivity index (χ3v) is 4.22. The lowest BCUT2D eigenvalue weighted by Crippen LogP contribution is -2.37. The first kappa shape index (κ1) is 20.1. The fourth-order valence-electron chi connectivity index (χ4n) is 3.09. The molecule has 0 heterocycles. The Bertz CT molecular complexity index is 631. The molecule has 0 aliphatic heterocycles. The highest BCUT2D eigenvalue weighted by Gasteiger charge is 2.24. The van der Waals surface area contributed by atoms with Crippen LogP contribution in [0.4, 0.5) is 17.6 Å². The van der Waals surface area contributed by atoms with Crippen molar-refractivity contribution >= 4 is 12.0 Å². The second-order valence-electron chi connectivity index (χ2n) is 5.85. The first-order valence-corrected chi connectivity index (χ1v) is 8.43. The third kappa shape index (κ3) is 5.64. The van der Waals surface area contributed by atoms with Crippen LogP contribution in [-0.2, 0) is 4.79 Å². The summed E-state index contributed by atoms with van der Waals surface area (Å²) in [7, 11) is 0. The van der Waals surface area contributed by atoms with Gasteiger partial charge in [-0.15, -0.1) is 0 Å². The van der Waals surface area contributed by atoms with E-state index in [1.54, 1.807) is 4.90 Å². The minimum absolute atomic E-state index is 0.169. The Hall–Kier alpha value is -2.25. The molecular formula is C18H21F4NO3. The minimum atomic E-state index is -3.13. The van der Waals surface area contributed by atoms with Crippen LogP contribution in [0.25, 0.3) is 6.08 Å². The summed E-state index contributed by atoms with van der Waals surface area (Å²) in [6, 6.07) is 3.61. The van der Waals surface area contributed by atoms with Crippen molar-refractivity contribution in [3.05, 3.63) is 29.8 Å². The number of ether oxygens (including phenoxy) is 2. The van der Waals surface area contributed by atoms with Crippen molar-refractivity contribution in [3.63, 3.8) is 0 Å². The van der Waals surface area contributed by atoms with Crippen molar-refractivity contribution in [3.8, 4) is 11.5 Å². The molecule has 0 spiro atoms. The van der Waals surface area contributed by atoms with E-state index >= 15 is 0 Å². The summed E-state index contributed by atoms with van der Waals surface area (Å²) < 4.78 is 58.2. The maximum Gasteiger partial charge on any atom is 0.387 e. The van der Waals surface area contributed by atoms with Gasteiger partial charge in [-0.1, -0.05) is 12.8 Å². The molecule has 144 valence electrons. The number of nitrogens with zero attached hydrogens (tertiary/aromatic N) is 1. The fraction of sp³-hybridized carbons (Fsp3) is 0.500. The molecule has 1 aliphatic rings. The first-order chi connectivity index (χ1) is 12.4. The molecule has 26 heavy (non-hydrogen) atoms. The SMILES string of the molecule is CCN(C(=O)/C=C/c1ccc(OC(F)F)cc1OC(F)F)C1CCCC1. The molecule has 0 unspecified atom stereocenters. The molecule has 0 radical (unpaired) electrons. The van der Waals surface area contributed by atoms with Crippen LogP contribution >= 0.6 is 0 Å². The van der Waals surface area contributed by atoms with E-state index in [2.05, 4.69) is 9.47 Å². The Labute approximate surface area is 149 Å². The van der Waals surface area contributed by atoms with Gasteiger partial charge in [-0.05, 0) is 38.0 Å². The summed E-state index contributed by atoms with van der Waals surface area (Å²) in [5, 5.41) is 0. The van der Waals surface area contributed by atoms with Crippen LogP contribution < -0.4 is 9.47 Å². The average molecular weight is 375 g/mol. The van der Waals surface area contributed by atoms with E-state index in [1.807, 2.05) is 6.92 Å². The van der Waals surface area contributed by atoms with Crippen LogP contribution in [0.1, 0.15) is 38.2 Å². The number of likely N-dealkylation sites (N-methyl/N-ethyl adjacent to an activating group) is 1. The molecule has 0 N–H and O–H groups in total. The molecule has 0 aromatic heterocycles. The van der Waals surface area contributed by atoms with E-state index in [4.69, 9.17) is 0 Å². The average Bonchev–Trinajstić information content (AvgIpc) is 3.08. The number of carbonyl (C=O) groups is 1. The van der Waals surface area contributed by atoms with Crippen LogP contribution in [0.3, 0.4) is 0 Å². The molecule has 4 nitrogen and oxygen atoms in total. The summed E-state index contributed by atoms with van der Waals surface area (Å²) in [5.74, 6) is -0.873. The normalized spacial score (nSPS) is 15.2. The van der Waals surface area contributed by atoms with Crippen molar-refractivity contribution in [2.75, 3.05) is 6.54 Å². The Morgan fingerprint density at radius 3 is 2.42 bits per heavy atom. The largest absolute Gasteiger partial charge is 0.435 e. The summed E-state index contributed by atoms with van der Waals surface area (Å²) in [5.41, 5.74) is 0.169. The second kappa shape index (κ2) is 9.45. The predicted octanol–water partition coefficient (Wildman–Crippen LogP) is 4.69. The van der Waals surface area contributed by atoms with E-state index in [0.717, 1.165) is 31.7 Å². The van der Waals surface area contributed by atoms with E-state index in [-0.39, 0.29) is 29.0 Å². The Morgan fingerprint density at radius 1 is 1.19 bits per heavy atom. The van der Waals surface area contributed by atoms with Crippen molar-refractivity contribution < 1.29 is 31.8 Å². The van der Waals surface area contributed by atoms with Crippen molar-refractivity contribution in [1.29, 1.82) is 0 Å². The van der Waals surface area contributed by atoms with Crippen molar-refractivity contribution in [2.45, 2.75) is 51.9 Å². The number of halogens is 4. The first-order valence-electron chi connectivity index (χ1n) is 8.43. The molecule has 0 atom stereocenters. The molecule has 2 rings (SSSR count). The van der Waals surface area contributed by atoms with Gasteiger partial charge in [0.1, 0.15) is 11.5 Å². The van der Waals surface area contributed by atoms with E-state index in [1.165, 1.54) is 24.3 Å². The van der Waals surface area contributed by atoms with Gasteiger partial charge in [0.25, 0.3) is 0 Å². The van der Waals surface area contributed by atoms with Gasteiger partial charge in [-0.2, -0.15) is 17.6 Å². The van der Waals surface area contributed by atoms with Gasteiger partial charge >= 0.3 is 13.2 Å². The number of rotatable bonds is 8. The highest BCUT2D eigenvalue weighted by atomic mass is 19.3. The highest BCUT2D eigenvalue weighted by molar-refractivity contribution is 5.92. The standard InChI is InChI=1S/C18H21F4NO3/c1-2-23(13-5-3-4-6-13)16(24)10-8-12-7-9-14(25-17(19)20)11-15(12)26-18(21)22/h7-11,13,17-18H,2-6H2,1H3/b10-8+. The van der Waals surface area contributed by atoms with Crippen LogP contribution in [-0.4, -0.2) is 36.6 Å². The molecule has 1 aliphatic carbocycles. The molecular weight excluding hydrogens is 354 g/mol. The smallest absolute Gasteiger partial charge is 0.387 e. The monoisotopic (exact) mass is 375 g/mol. The van der Waals surface area contributed by atoms with Crippen LogP contribution in [0.5, 0.6) is 11.5 Å². The molecule has 1 aromatic carbocycles. The summed E-state index contributed by atoms with van der Waals surface area (Å²) in [4.78, 5) is 14.1. The number of carbonyl (C=O) groups excluding carboxylic acids is 1. The summed E-state index contributed by atoms with van der Waals surface area (Å²) >= 11 is 0. The van der Waals surface area contributed by atoms with E-state index in [0.29, 0.717) is 6.54 Å². The van der Waals surface area contributed by atoms with Gasteiger partial charge in [-0.25, -0.2) is 0 Å². The van der Waals surface area contributed by atoms with E-state index in [9.17, 15) is 22.4 Å². The molecule has 1 fully saturated rings. The lowest BCUT2D eigenvalue weighted by atomic mass is 10.1.